The Hall–Kier alpha value is -4.18. The molecule has 9 nitrogen and oxygen atoms in total. The summed E-state index contributed by atoms with van der Waals surface area (Å²) in [6.07, 6.45) is 2.03. The van der Waals surface area contributed by atoms with Crippen molar-refractivity contribution in [3.05, 3.63) is 92.9 Å². The second-order valence-electron chi connectivity index (χ2n) is 8.49. The molecule has 0 radical (unpaired) electrons. The number of rotatable bonds is 8. The van der Waals surface area contributed by atoms with E-state index in [1.165, 1.54) is 6.07 Å². The van der Waals surface area contributed by atoms with Gasteiger partial charge in [0.25, 0.3) is 11.5 Å². The molecule has 10 heteroatoms. The van der Waals surface area contributed by atoms with E-state index in [-0.39, 0.29) is 17.7 Å². The van der Waals surface area contributed by atoms with Crippen molar-refractivity contribution in [2.24, 2.45) is 0 Å². The molecule has 0 atom stereocenters. The number of nitrogens with zero attached hydrogens (tertiary/aromatic N) is 4. The lowest BCUT2D eigenvalue weighted by molar-refractivity contribution is 0.0745. The topological polar surface area (TPSA) is 113 Å². The van der Waals surface area contributed by atoms with Crippen LogP contribution in [0.4, 0.5) is 10.3 Å². The number of fused-ring (bicyclic) bond motifs is 2. The van der Waals surface area contributed by atoms with Gasteiger partial charge in [-0.2, -0.15) is 5.10 Å². The molecule has 1 aliphatic rings. The molecule has 4 aromatic rings. The molecule has 0 saturated heterocycles. The molecule has 0 fully saturated rings. The number of halogens is 1. The Kier molecular flexibility index (Phi) is 6.68. The average Bonchev–Trinajstić information content (AvgIpc) is 3.33. The summed E-state index contributed by atoms with van der Waals surface area (Å²) in [4.78, 5) is 35.7. The molecular weight excluding hydrogens is 463 g/mol. The number of anilines is 1. The van der Waals surface area contributed by atoms with E-state index < -0.39 is 11.7 Å². The van der Waals surface area contributed by atoms with E-state index in [1.807, 2.05) is 19.1 Å². The van der Waals surface area contributed by atoms with E-state index >= 15 is 0 Å². The Bertz CT molecular complexity index is 1490. The van der Waals surface area contributed by atoms with Crippen LogP contribution in [-0.4, -0.2) is 50.7 Å². The monoisotopic (exact) mass is 488 g/mol. The van der Waals surface area contributed by atoms with E-state index in [4.69, 9.17) is 4.74 Å². The quantitative estimate of drug-likeness (QED) is 0.367. The summed E-state index contributed by atoms with van der Waals surface area (Å²) in [6.45, 7) is 4.27. The molecule has 36 heavy (non-hydrogen) atoms. The number of nitrogens with one attached hydrogen (secondary N) is 2. The first-order valence-corrected chi connectivity index (χ1v) is 11.7. The van der Waals surface area contributed by atoms with E-state index in [1.54, 1.807) is 35.4 Å². The van der Waals surface area contributed by atoms with Gasteiger partial charge in [0, 0.05) is 43.3 Å². The van der Waals surface area contributed by atoms with Crippen LogP contribution in [0.25, 0.3) is 10.8 Å². The molecule has 0 saturated carbocycles. The Labute approximate surface area is 206 Å². The number of amides is 1. The van der Waals surface area contributed by atoms with Gasteiger partial charge >= 0.3 is 0 Å². The molecule has 1 aliphatic heterocycles. The summed E-state index contributed by atoms with van der Waals surface area (Å²) in [5.41, 5.74) is 2.63. The lowest BCUT2D eigenvalue weighted by Crippen LogP contribution is -2.26. The zero-order chi connectivity index (χ0) is 25.1. The predicted octanol–water partition coefficient (Wildman–Crippen LogP) is 3.05. The van der Waals surface area contributed by atoms with Crippen LogP contribution in [0.1, 0.15) is 39.8 Å². The smallest absolute Gasteiger partial charge is 0.272 e. The zero-order valence-electron chi connectivity index (χ0n) is 19.8. The van der Waals surface area contributed by atoms with Gasteiger partial charge in [0.2, 0.25) is 5.95 Å². The first-order valence-electron chi connectivity index (χ1n) is 11.7. The summed E-state index contributed by atoms with van der Waals surface area (Å²) >= 11 is 0. The van der Waals surface area contributed by atoms with Crippen LogP contribution < -0.4 is 10.9 Å². The van der Waals surface area contributed by atoms with Gasteiger partial charge in [-0.05, 0) is 30.7 Å². The van der Waals surface area contributed by atoms with Crippen LogP contribution in [0.15, 0.2) is 53.5 Å². The Balaban J connectivity index is 1.33. The molecule has 0 unspecified atom stereocenters. The maximum absolute atomic E-state index is 14.8. The number of carbonyl (C=O) groups is 1. The molecular formula is C26H25FN6O3. The third-order valence-corrected chi connectivity index (χ3v) is 6.08. The fraction of sp³-hybridized carbons (Fsp3) is 0.269. The minimum atomic E-state index is -0.594. The number of hydrogen-bond acceptors (Lipinski definition) is 7. The highest BCUT2D eigenvalue weighted by Crippen LogP contribution is 2.25. The fourth-order valence-electron chi connectivity index (χ4n) is 4.28. The Morgan fingerprint density at radius 1 is 1.19 bits per heavy atom. The highest BCUT2D eigenvalue weighted by molar-refractivity contribution is 5.95. The fourth-order valence-corrected chi connectivity index (χ4v) is 4.28. The highest BCUT2D eigenvalue weighted by atomic mass is 19.1. The van der Waals surface area contributed by atoms with Gasteiger partial charge in [0.1, 0.15) is 5.82 Å². The van der Waals surface area contributed by atoms with Crippen molar-refractivity contribution in [2.75, 3.05) is 25.1 Å². The van der Waals surface area contributed by atoms with Crippen molar-refractivity contribution in [3.8, 4) is 0 Å². The number of aromatic amines is 1. The van der Waals surface area contributed by atoms with Gasteiger partial charge in [-0.3, -0.25) is 9.59 Å². The van der Waals surface area contributed by atoms with Crippen LogP contribution in [0.3, 0.4) is 0 Å². The first kappa shape index (κ1) is 23.6. The number of ether oxygens (including phenoxy) is 1. The predicted molar refractivity (Wildman–Crippen MR) is 132 cm³/mol. The van der Waals surface area contributed by atoms with Crippen molar-refractivity contribution in [3.63, 3.8) is 0 Å². The average molecular weight is 489 g/mol. The second kappa shape index (κ2) is 10.2. The number of aromatic nitrogens is 4. The van der Waals surface area contributed by atoms with Gasteiger partial charge in [0.15, 0.2) is 0 Å². The minimum absolute atomic E-state index is 0.0166. The minimum Gasteiger partial charge on any atom is -0.380 e. The Morgan fingerprint density at radius 2 is 2.03 bits per heavy atom. The maximum Gasteiger partial charge on any atom is 0.272 e. The van der Waals surface area contributed by atoms with E-state index in [0.717, 1.165) is 16.6 Å². The Morgan fingerprint density at radius 3 is 2.86 bits per heavy atom. The number of benzene rings is 2. The molecule has 5 rings (SSSR count). The lowest BCUT2D eigenvalue weighted by Gasteiger charge is -2.16. The van der Waals surface area contributed by atoms with E-state index in [9.17, 15) is 14.0 Å². The zero-order valence-corrected chi connectivity index (χ0v) is 19.8. The number of carbonyl (C=O) groups excluding carboxylic acids is 1. The second-order valence-corrected chi connectivity index (χ2v) is 8.49. The molecule has 184 valence electrons. The van der Waals surface area contributed by atoms with Crippen molar-refractivity contribution in [1.29, 1.82) is 0 Å². The summed E-state index contributed by atoms with van der Waals surface area (Å²) in [5, 5.41) is 11.1. The molecule has 2 N–H and O–H groups in total. The lowest BCUT2D eigenvalue weighted by atomic mass is 10.0. The third kappa shape index (κ3) is 4.80. The molecule has 0 aliphatic carbocycles. The summed E-state index contributed by atoms with van der Waals surface area (Å²) in [5.74, 6) is -0.544. The van der Waals surface area contributed by atoms with Crippen LogP contribution in [0, 0.1) is 5.82 Å². The van der Waals surface area contributed by atoms with Gasteiger partial charge in [0.05, 0.1) is 35.5 Å². The summed E-state index contributed by atoms with van der Waals surface area (Å²) in [7, 11) is 0. The number of H-pyrrole nitrogens is 1. The summed E-state index contributed by atoms with van der Waals surface area (Å²) in [6, 6.07) is 11.6. The molecule has 1 amide bonds. The largest absolute Gasteiger partial charge is 0.380 e. The van der Waals surface area contributed by atoms with E-state index in [2.05, 4.69) is 25.5 Å². The van der Waals surface area contributed by atoms with Crippen molar-refractivity contribution in [2.45, 2.75) is 26.4 Å². The standard InChI is InChI=1S/C26H25FN6O3/c1-2-36-10-9-28-26-29-13-17-14-33(15-23(17)30-26)25(35)20-11-16(7-8-21(20)27)12-22-18-5-3-4-6-19(18)24(34)32-31-22/h3-8,11,13H,2,9-10,12,14-15H2,1H3,(H,32,34)(H,28,29,30). The van der Waals surface area contributed by atoms with Gasteiger partial charge in [-0.25, -0.2) is 19.5 Å². The van der Waals surface area contributed by atoms with Crippen LogP contribution in [0.2, 0.25) is 0 Å². The van der Waals surface area contributed by atoms with Crippen molar-refractivity contribution in [1.82, 2.24) is 25.1 Å². The highest BCUT2D eigenvalue weighted by Gasteiger charge is 2.28. The van der Waals surface area contributed by atoms with Crippen LogP contribution >= 0.6 is 0 Å². The van der Waals surface area contributed by atoms with Gasteiger partial charge < -0.3 is 15.0 Å². The molecule has 0 bridgehead atoms. The van der Waals surface area contributed by atoms with Crippen LogP contribution in [0.5, 0.6) is 0 Å². The molecule has 2 aromatic heterocycles. The van der Waals surface area contributed by atoms with Gasteiger partial charge in [-0.1, -0.05) is 24.3 Å². The molecule has 2 aromatic carbocycles. The normalized spacial score (nSPS) is 12.7. The van der Waals surface area contributed by atoms with Gasteiger partial charge in [-0.15, -0.1) is 0 Å². The molecule has 3 heterocycles. The van der Waals surface area contributed by atoms with Crippen LogP contribution in [-0.2, 0) is 24.2 Å². The first-order chi connectivity index (χ1) is 17.5. The third-order valence-electron chi connectivity index (χ3n) is 6.08. The van der Waals surface area contributed by atoms with E-state index in [0.29, 0.717) is 55.3 Å². The maximum atomic E-state index is 14.8. The number of hydrogen-bond donors (Lipinski definition) is 2. The van der Waals surface area contributed by atoms with Crippen molar-refractivity contribution >= 4 is 22.6 Å². The molecule has 0 spiro atoms. The summed E-state index contributed by atoms with van der Waals surface area (Å²) < 4.78 is 20.1. The van der Waals surface area contributed by atoms with Crippen molar-refractivity contribution < 1.29 is 13.9 Å². The SMILES string of the molecule is CCOCCNc1ncc2c(n1)CN(C(=O)c1cc(Cc3n[nH]c(=O)c4ccccc34)ccc1F)C2.